The lowest BCUT2D eigenvalue weighted by Crippen LogP contribution is -2.51. The van der Waals surface area contributed by atoms with E-state index >= 15 is 0 Å². The molecule has 20 heavy (non-hydrogen) atoms. The van der Waals surface area contributed by atoms with Crippen LogP contribution >= 0.6 is 35.0 Å². The number of rotatable bonds is 2. The van der Waals surface area contributed by atoms with Crippen molar-refractivity contribution in [1.29, 1.82) is 0 Å². The number of halogens is 2. The van der Waals surface area contributed by atoms with Crippen LogP contribution in [-0.4, -0.2) is 46.1 Å². The lowest BCUT2D eigenvalue weighted by atomic mass is 10.3. The van der Waals surface area contributed by atoms with Crippen molar-refractivity contribution in [2.75, 3.05) is 23.4 Å². The quantitative estimate of drug-likeness (QED) is 0.872. The van der Waals surface area contributed by atoms with Crippen molar-refractivity contribution in [3.63, 3.8) is 0 Å². The van der Waals surface area contributed by atoms with E-state index in [1.54, 1.807) is 18.2 Å². The van der Waals surface area contributed by atoms with Crippen molar-refractivity contribution < 1.29 is 14.7 Å². The van der Waals surface area contributed by atoms with Gasteiger partial charge in [-0.1, -0.05) is 23.2 Å². The van der Waals surface area contributed by atoms with E-state index in [2.05, 4.69) is 5.32 Å². The molecule has 108 valence electrons. The summed E-state index contributed by atoms with van der Waals surface area (Å²) in [4.78, 5) is 24.6. The Morgan fingerprint density at radius 2 is 1.95 bits per heavy atom. The monoisotopic (exact) mass is 334 g/mol. The Kier molecular flexibility index (Phi) is 5.01. The number of nitrogens with one attached hydrogen (secondary N) is 1. The van der Waals surface area contributed by atoms with Crippen LogP contribution in [0, 0.1) is 0 Å². The molecule has 0 bridgehead atoms. The largest absolute Gasteiger partial charge is 0.480 e. The van der Waals surface area contributed by atoms with Crippen LogP contribution in [0.5, 0.6) is 0 Å². The van der Waals surface area contributed by atoms with E-state index < -0.39 is 18.0 Å². The Morgan fingerprint density at radius 1 is 1.30 bits per heavy atom. The van der Waals surface area contributed by atoms with Crippen LogP contribution in [0.15, 0.2) is 18.2 Å². The molecule has 2 rings (SSSR count). The number of thioether (sulfide) groups is 1. The van der Waals surface area contributed by atoms with Gasteiger partial charge in [-0.05, 0) is 18.2 Å². The molecule has 1 fully saturated rings. The van der Waals surface area contributed by atoms with Gasteiger partial charge in [-0.25, -0.2) is 9.59 Å². The van der Waals surface area contributed by atoms with Gasteiger partial charge in [0.15, 0.2) is 0 Å². The number of hydrogen-bond acceptors (Lipinski definition) is 3. The predicted octanol–water partition coefficient (Wildman–Crippen LogP) is 3.03. The molecule has 1 saturated heterocycles. The van der Waals surface area contributed by atoms with Gasteiger partial charge in [0.1, 0.15) is 6.04 Å². The van der Waals surface area contributed by atoms with Gasteiger partial charge in [-0.3, -0.25) is 0 Å². The Hall–Kier alpha value is -1.11. The average Bonchev–Trinajstić information content (AvgIpc) is 2.37. The van der Waals surface area contributed by atoms with Gasteiger partial charge in [0.05, 0.1) is 0 Å². The minimum atomic E-state index is -1.00. The topological polar surface area (TPSA) is 69.6 Å². The average molecular weight is 335 g/mol. The molecule has 5 nitrogen and oxygen atoms in total. The molecule has 1 aliphatic heterocycles. The fourth-order valence-corrected chi connectivity index (χ4v) is 3.44. The van der Waals surface area contributed by atoms with Crippen molar-refractivity contribution in [2.24, 2.45) is 0 Å². The summed E-state index contributed by atoms with van der Waals surface area (Å²) in [5, 5.41) is 12.6. The molecule has 0 radical (unpaired) electrons. The summed E-state index contributed by atoms with van der Waals surface area (Å²) in [7, 11) is 0. The summed E-state index contributed by atoms with van der Waals surface area (Å²) in [5.74, 6) is 0.100. The van der Waals surface area contributed by atoms with Crippen molar-refractivity contribution in [1.82, 2.24) is 4.90 Å². The first-order valence-electron chi connectivity index (χ1n) is 5.81. The molecule has 1 aliphatic rings. The molecular formula is C12H12Cl2N2O3S. The van der Waals surface area contributed by atoms with Crippen LogP contribution in [0.1, 0.15) is 0 Å². The number of anilines is 1. The molecule has 8 heteroatoms. The highest BCUT2D eigenvalue weighted by Crippen LogP contribution is 2.24. The molecule has 1 heterocycles. The maximum atomic E-state index is 12.2. The minimum Gasteiger partial charge on any atom is -0.480 e. The van der Waals surface area contributed by atoms with Gasteiger partial charge < -0.3 is 15.3 Å². The molecule has 1 aromatic rings. The zero-order valence-corrected chi connectivity index (χ0v) is 12.6. The van der Waals surface area contributed by atoms with E-state index in [1.807, 2.05) is 0 Å². The van der Waals surface area contributed by atoms with Crippen LogP contribution in [0.2, 0.25) is 10.0 Å². The standard InChI is InChI=1S/C12H12Cl2N2O3S/c13-7-3-8(14)5-9(4-7)15-12(19)16-1-2-20-6-10(16)11(17)18/h3-5,10H,1-2,6H2,(H,15,19)(H,17,18). The summed E-state index contributed by atoms with van der Waals surface area (Å²) in [5.41, 5.74) is 0.440. The second-order valence-electron chi connectivity index (χ2n) is 4.21. The third-order valence-electron chi connectivity index (χ3n) is 2.79. The van der Waals surface area contributed by atoms with Crippen molar-refractivity contribution in [3.05, 3.63) is 28.2 Å². The van der Waals surface area contributed by atoms with Crippen LogP contribution in [-0.2, 0) is 4.79 Å². The van der Waals surface area contributed by atoms with Crippen molar-refractivity contribution >= 4 is 52.7 Å². The van der Waals surface area contributed by atoms with Crippen LogP contribution in [0.4, 0.5) is 10.5 Å². The van der Waals surface area contributed by atoms with E-state index in [0.717, 1.165) is 0 Å². The smallest absolute Gasteiger partial charge is 0.327 e. The van der Waals surface area contributed by atoms with Gasteiger partial charge in [0, 0.05) is 33.8 Å². The Labute approximate surface area is 130 Å². The second-order valence-corrected chi connectivity index (χ2v) is 6.23. The number of urea groups is 1. The van der Waals surface area contributed by atoms with Crippen molar-refractivity contribution in [2.45, 2.75) is 6.04 Å². The van der Waals surface area contributed by atoms with E-state index in [0.29, 0.717) is 33.8 Å². The first-order chi connectivity index (χ1) is 9.47. The number of benzene rings is 1. The fraction of sp³-hybridized carbons (Fsp3) is 0.333. The van der Waals surface area contributed by atoms with E-state index in [4.69, 9.17) is 28.3 Å². The highest BCUT2D eigenvalue weighted by molar-refractivity contribution is 7.99. The summed E-state index contributed by atoms with van der Waals surface area (Å²) >= 11 is 13.2. The first-order valence-corrected chi connectivity index (χ1v) is 7.72. The second kappa shape index (κ2) is 6.56. The number of aliphatic carboxylic acids is 1. The van der Waals surface area contributed by atoms with E-state index in [9.17, 15) is 9.59 Å². The molecule has 1 atom stereocenters. The van der Waals surface area contributed by atoms with Crippen molar-refractivity contribution in [3.8, 4) is 0 Å². The number of carboxylic acid groups (broad SMARTS) is 1. The van der Waals surface area contributed by atoms with E-state index in [-0.39, 0.29) is 0 Å². The number of carboxylic acids is 1. The summed E-state index contributed by atoms with van der Waals surface area (Å²) in [6, 6.07) is 3.38. The zero-order valence-electron chi connectivity index (χ0n) is 10.3. The van der Waals surface area contributed by atoms with Gasteiger partial charge >= 0.3 is 12.0 Å². The van der Waals surface area contributed by atoms with Crippen LogP contribution in [0.25, 0.3) is 0 Å². The van der Waals surface area contributed by atoms with Crippen LogP contribution < -0.4 is 5.32 Å². The normalized spacial score (nSPS) is 18.7. The lowest BCUT2D eigenvalue weighted by Gasteiger charge is -2.32. The summed E-state index contributed by atoms with van der Waals surface area (Å²) < 4.78 is 0. The highest BCUT2D eigenvalue weighted by Gasteiger charge is 2.32. The maximum absolute atomic E-state index is 12.2. The maximum Gasteiger partial charge on any atom is 0.327 e. The highest BCUT2D eigenvalue weighted by atomic mass is 35.5. The SMILES string of the molecule is O=C(O)C1CSCCN1C(=O)Nc1cc(Cl)cc(Cl)c1. The zero-order chi connectivity index (χ0) is 14.7. The molecule has 1 unspecified atom stereocenters. The van der Waals surface area contributed by atoms with Gasteiger partial charge in [0.25, 0.3) is 0 Å². The number of hydrogen-bond donors (Lipinski definition) is 2. The molecular weight excluding hydrogens is 323 g/mol. The van der Waals surface area contributed by atoms with Gasteiger partial charge in [0.2, 0.25) is 0 Å². The number of amides is 2. The Bertz CT molecular complexity index is 521. The molecule has 0 saturated carbocycles. The summed E-state index contributed by atoms with van der Waals surface area (Å²) in [6.45, 7) is 0.391. The third kappa shape index (κ3) is 3.71. The molecule has 0 aromatic heterocycles. The first kappa shape index (κ1) is 15.3. The molecule has 0 spiro atoms. The van der Waals surface area contributed by atoms with Crippen LogP contribution in [0.3, 0.4) is 0 Å². The number of nitrogens with zero attached hydrogens (tertiary/aromatic N) is 1. The minimum absolute atomic E-state index is 0.388. The Morgan fingerprint density at radius 3 is 2.55 bits per heavy atom. The number of carbonyl (C=O) groups excluding carboxylic acids is 1. The Balaban J connectivity index is 2.11. The molecule has 1 aromatic carbocycles. The van der Waals surface area contributed by atoms with Gasteiger partial charge in [-0.2, -0.15) is 11.8 Å². The van der Waals surface area contributed by atoms with Gasteiger partial charge in [-0.15, -0.1) is 0 Å². The fourth-order valence-electron chi connectivity index (χ4n) is 1.87. The molecule has 2 amide bonds. The lowest BCUT2D eigenvalue weighted by molar-refractivity contribution is -0.141. The predicted molar refractivity (Wildman–Crippen MR) is 80.9 cm³/mol. The molecule has 2 N–H and O–H groups in total. The number of carbonyl (C=O) groups is 2. The van der Waals surface area contributed by atoms with E-state index in [1.165, 1.54) is 16.7 Å². The third-order valence-corrected chi connectivity index (χ3v) is 4.25. The summed E-state index contributed by atoms with van der Waals surface area (Å²) in [6.07, 6.45) is 0. The molecule has 0 aliphatic carbocycles.